The molecule has 0 saturated heterocycles. The van der Waals surface area contributed by atoms with Gasteiger partial charge in [0.1, 0.15) is 11.5 Å². The predicted octanol–water partition coefficient (Wildman–Crippen LogP) is 10.2. The number of carbonyl (C=O) groups excluding carboxylic acids is 2. The van der Waals surface area contributed by atoms with Crippen molar-refractivity contribution in [2.45, 2.75) is 19.3 Å². The lowest BCUT2D eigenvalue weighted by atomic mass is 9.67. The second-order valence-corrected chi connectivity index (χ2v) is 14.2. The summed E-state index contributed by atoms with van der Waals surface area (Å²) in [7, 11) is 0. The summed E-state index contributed by atoms with van der Waals surface area (Å²) in [4.78, 5) is 25.7. The molecule has 254 valence electrons. The number of ether oxygens (including phenoxy) is 2. The number of nitrogens with one attached hydrogen (secondary N) is 2. The Balaban J connectivity index is 1.15. The van der Waals surface area contributed by atoms with Crippen molar-refractivity contribution in [3.63, 3.8) is 0 Å². The number of hydrogen-bond donors (Lipinski definition) is 2. The van der Waals surface area contributed by atoms with Crippen LogP contribution >= 0.6 is 31.9 Å². The third-order valence-electron chi connectivity index (χ3n) is 9.05. The Morgan fingerprint density at radius 3 is 1.33 bits per heavy atom. The zero-order valence-corrected chi connectivity index (χ0v) is 31.2. The van der Waals surface area contributed by atoms with E-state index in [1.54, 1.807) is 0 Å². The van der Waals surface area contributed by atoms with Crippen molar-refractivity contribution in [3.05, 3.63) is 176 Å². The molecular formula is C43H34Br2N2O4. The molecule has 0 bridgehead atoms. The molecule has 0 radical (unpaired) electrons. The fourth-order valence-corrected chi connectivity index (χ4v) is 7.97. The van der Waals surface area contributed by atoms with Crippen LogP contribution in [-0.4, -0.2) is 25.0 Å². The minimum Gasteiger partial charge on any atom is -0.483 e. The van der Waals surface area contributed by atoms with Gasteiger partial charge in [-0.2, -0.15) is 0 Å². The van der Waals surface area contributed by atoms with Crippen LogP contribution < -0.4 is 20.1 Å². The summed E-state index contributed by atoms with van der Waals surface area (Å²) in [5, 5.41) is 5.94. The van der Waals surface area contributed by atoms with Crippen molar-refractivity contribution in [1.29, 1.82) is 0 Å². The van der Waals surface area contributed by atoms with Crippen molar-refractivity contribution in [1.82, 2.24) is 0 Å². The average molecular weight is 803 g/mol. The number of anilines is 2. The van der Waals surface area contributed by atoms with Gasteiger partial charge in [0.05, 0.1) is 14.4 Å². The molecule has 0 aromatic heterocycles. The van der Waals surface area contributed by atoms with Crippen molar-refractivity contribution in [2.75, 3.05) is 23.8 Å². The second kappa shape index (κ2) is 14.6. The van der Waals surface area contributed by atoms with Crippen LogP contribution in [0.5, 0.6) is 11.5 Å². The smallest absolute Gasteiger partial charge is 0.262 e. The molecule has 0 heterocycles. The maximum absolute atomic E-state index is 12.9. The molecule has 2 N–H and O–H groups in total. The molecule has 0 atom stereocenters. The SMILES string of the molecule is Cc1ccc(OCC(=O)Nc2ccc(C3(c4ccc(NC(=O)COc5ccc(C)cc5Br)cc4)c4ccccc4-c4ccccc43)cc2)c(Br)c1. The van der Waals surface area contributed by atoms with Gasteiger partial charge in [0.25, 0.3) is 11.8 Å². The summed E-state index contributed by atoms with van der Waals surface area (Å²) in [5.41, 5.74) is 9.65. The molecule has 0 spiro atoms. The normalized spacial score (nSPS) is 12.4. The molecule has 0 fully saturated rings. The number of fused-ring (bicyclic) bond motifs is 3. The van der Waals surface area contributed by atoms with Crippen molar-refractivity contribution in [2.24, 2.45) is 0 Å². The third-order valence-corrected chi connectivity index (χ3v) is 10.3. The van der Waals surface area contributed by atoms with Crippen LogP contribution in [0, 0.1) is 13.8 Å². The lowest BCUT2D eigenvalue weighted by Gasteiger charge is -2.34. The highest BCUT2D eigenvalue weighted by molar-refractivity contribution is 9.11. The van der Waals surface area contributed by atoms with E-state index in [9.17, 15) is 9.59 Å². The van der Waals surface area contributed by atoms with E-state index in [0.29, 0.717) is 22.9 Å². The number of halogens is 2. The highest BCUT2D eigenvalue weighted by Crippen LogP contribution is 2.56. The summed E-state index contributed by atoms with van der Waals surface area (Å²) in [6.45, 7) is 3.76. The van der Waals surface area contributed by atoms with Gasteiger partial charge in [0.2, 0.25) is 0 Å². The standard InChI is InChI=1S/C43H34Br2N2O4/c1-27-11-21-39(37(44)23-27)50-25-41(48)46-31-17-13-29(14-18-31)43(35-9-5-3-7-33(35)34-8-4-6-10-36(34)43)30-15-19-32(20-16-30)47-42(49)26-51-40-22-12-28(2)24-38(40)45/h3-24H,25-26H2,1-2H3,(H,46,48)(H,47,49). The molecule has 6 aromatic rings. The number of amides is 2. The highest BCUT2D eigenvalue weighted by atomic mass is 79.9. The van der Waals surface area contributed by atoms with E-state index in [0.717, 1.165) is 42.3 Å². The van der Waals surface area contributed by atoms with Gasteiger partial charge >= 0.3 is 0 Å². The number of hydrogen-bond acceptors (Lipinski definition) is 4. The number of carbonyl (C=O) groups is 2. The van der Waals surface area contributed by atoms with E-state index >= 15 is 0 Å². The number of benzene rings is 6. The lowest BCUT2D eigenvalue weighted by molar-refractivity contribution is -0.118. The van der Waals surface area contributed by atoms with E-state index in [4.69, 9.17) is 9.47 Å². The molecule has 2 amide bonds. The zero-order valence-electron chi connectivity index (χ0n) is 28.0. The van der Waals surface area contributed by atoms with Crippen LogP contribution in [0.25, 0.3) is 11.1 Å². The van der Waals surface area contributed by atoms with Gasteiger partial charge < -0.3 is 20.1 Å². The van der Waals surface area contributed by atoms with Crippen molar-refractivity contribution < 1.29 is 19.1 Å². The molecular weight excluding hydrogens is 768 g/mol. The van der Waals surface area contributed by atoms with Gasteiger partial charge in [-0.15, -0.1) is 0 Å². The largest absolute Gasteiger partial charge is 0.483 e. The fraction of sp³-hybridized carbons (Fsp3) is 0.116. The first kappa shape index (κ1) is 34.3. The monoisotopic (exact) mass is 800 g/mol. The number of rotatable bonds is 10. The Labute approximate surface area is 314 Å². The maximum atomic E-state index is 12.9. The minimum absolute atomic E-state index is 0.118. The maximum Gasteiger partial charge on any atom is 0.262 e. The zero-order chi connectivity index (χ0) is 35.5. The topological polar surface area (TPSA) is 76.7 Å². The molecule has 6 aromatic carbocycles. The molecule has 8 heteroatoms. The van der Waals surface area contributed by atoms with Crippen molar-refractivity contribution in [3.8, 4) is 22.6 Å². The highest BCUT2D eigenvalue weighted by Gasteiger charge is 2.45. The number of aryl methyl sites for hydroxylation is 2. The lowest BCUT2D eigenvalue weighted by Crippen LogP contribution is -2.28. The van der Waals surface area contributed by atoms with Crippen LogP contribution in [-0.2, 0) is 15.0 Å². The van der Waals surface area contributed by atoms with E-state index in [1.165, 1.54) is 11.1 Å². The first-order valence-corrected chi connectivity index (χ1v) is 18.1. The quantitative estimate of drug-likeness (QED) is 0.144. The van der Waals surface area contributed by atoms with Gasteiger partial charge in [-0.25, -0.2) is 0 Å². The van der Waals surface area contributed by atoms with Gasteiger partial charge in [0.15, 0.2) is 13.2 Å². The van der Waals surface area contributed by atoms with Crippen molar-refractivity contribution >= 4 is 55.0 Å². The van der Waals surface area contributed by atoms with Crippen LogP contribution in [0.4, 0.5) is 11.4 Å². The van der Waals surface area contributed by atoms with E-state index in [-0.39, 0.29) is 25.0 Å². The molecule has 0 unspecified atom stereocenters. The first-order valence-electron chi connectivity index (χ1n) is 16.5. The Morgan fingerprint density at radius 2 is 0.941 bits per heavy atom. The summed E-state index contributed by atoms with van der Waals surface area (Å²) >= 11 is 7.00. The summed E-state index contributed by atoms with van der Waals surface area (Å²) in [6.07, 6.45) is 0. The van der Waals surface area contributed by atoms with Gasteiger partial charge in [-0.1, -0.05) is 84.9 Å². The molecule has 0 aliphatic heterocycles. The van der Waals surface area contributed by atoms with E-state index < -0.39 is 5.41 Å². The molecule has 1 aliphatic carbocycles. The van der Waals surface area contributed by atoms with Crippen LogP contribution in [0.15, 0.2) is 142 Å². The van der Waals surface area contributed by atoms with Gasteiger partial charge in [0, 0.05) is 11.4 Å². The van der Waals surface area contributed by atoms with Gasteiger partial charge in [-0.3, -0.25) is 9.59 Å². The minimum atomic E-state index is -0.639. The molecule has 6 nitrogen and oxygen atoms in total. The van der Waals surface area contributed by atoms with Crippen LogP contribution in [0.3, 0.4) is 0 Å². The Morgan fingerprint density at radius 1 is 0.549 bits per heavy atom. The molecule has 1 aliphatic rings. The summed E-state index contributed by atoms with van der Waals surface area (Å²) in [5.74, 6) is 0.717. The van der Waals surface area contributed by atoms with E-state index in [1.807, 2.05) is 74.5 Å². The Kier molecular flexibility index (Phi) is 9.80. The Bertz CT molecular complexity index is 2090. The molecule has 7 rings (SSSR count). The Hall–Kier alpha value is -5.18. The first-order chi connectivity index (χ1) is 24.7. The fourth-order valence-electron chi connectivity index (χ4n) is 6.76. The van der Waals surface area contributed by atoms with Gasteiger partial charge in [-0.05, 0) is 139 Å². The van der Waals surface area contributed by atoms with E-state index in [2.05, 4.69) is 115 Å². The summed E-state index contributed by atoms with van der Waals surface area (Å²) < 4.78 is 13.1. The summed E-state index contributed by atoms with van der Waals surface area (Å²) in [6, 6.07) is 44.5. The third kappa shape index (κ3) is 6.94. The van der Waals surface area contributed by atoms with Crippen LogP contribution in [0.1, 0.15) is 33.4 Å². The molecule has 51 heavy (non-hydrogen) atoms. The predicted molar refractivity (Wildman–Crippen MR) is 210 cm³/mol. The second-order valence-electron chi connectivity index (χ2n) is 12.5. The van der Waals surface area contributed by atoms with Crippen LogP contribution in [0.2, 0.25) is 0 Å². The molecule has 0 saturated carbocycles. The average Bonchev–Trinajstić information content (AvgIpc) is 3.43.